The Morgan fingerprint density at radius 2 is 1.31 bits per heavy atom. The maximum atomic E-state index is 6.53. The fourth-order valence-electron chi connectivity index (χ4n) is 6.30. The van der Waals surface area contributed by atoms with Crippen molar-refractivity contribution in [3.63, 3.8) is 0 Å². The molecule has 233 valence electrons. The van der Waals surface area contributed by atoms with Gasteiger partial charge in [0.2, 0.25) is 6.71 Å². The van der Waals surface area contributed by atoms with Gasteiger partial charge >= 0.3 is 0 Å². The van der Waals surface area contributed by atoms with E-state index in [4.69, 9.17) is 14.5 Å². The van der Waals surface area contributed by atoms with E-state index in [-0.39, 0.29) is 26.8 Å². The Kier molecular flexibility index (Phi) is 8.77. The molecule has 0 amide bonds. The average molecular weight is 797 g/mol. The van der Waals surface area contributed by atoms with Crippen LogP contribution in [0.15, 0.2) is 140 Å². The number of aromatic nitrogens is 2. The van der Waals surface area contributed by atoms with Crippen LogP contribution in [0.5, 0.6) is 23.0 Å². The average Bonchev–Trinajstić information content (AvgIpc) is 3.13. The molecule has 2 aliphatic heterocycles. The molecular weight excluding hydrogens is 768 g/mol. The van der Waals surface area contributed by atoms with E-state index in [1.165, 1.54) is 5.56 Å². The van der Waals surface area contributed by atoms with Crippen LogP contribution in [-0.2, 0) is 20.1 Å². The molecule has 0 aliphatic carbocycles. The first-order valence-corrected chi connectivity index (χ1v) is 15.7. The van der Waals surface area contributed by atoms with Crippen LogP contribution in [-0.4, -0.2) is 16.7 Å². The second-order valence-electron chi connectivity index (χ2n) is 11.7. The number of nitrogens with zero attached hydrogens (tertiary/aromatic N) is 2. The second kappa shape index (κ2) is 13.4. The monoisotopic (exact) mass is 797 g/mol. The van der Waals surface area contributed by atoms with Crippen LogP contribution < -0.4 is 25.9 Å². The first-order chi connectivity index (χ1) is 23.1. The molecule has 6 heteroatoms. The Morgan fingerprint density at radius 1 is 0.625 bits per heavy atom. The van der Waals surface area contributed by atoms with Crippen LogP contribution in [0.2, 0.25) is 0 Å². The molecule has 2 aromatic heterocycles. The second-order valence-corrected chi connectivity index (χ2v) is 11.7. The summed E-state index contributed by atoms with van der Waals surface area (Å²) in [5.74, 6) is 3.30. The minimum absolute atomic E-state index is 0. The summed E-state index contributed by atoms with van der Waals surface area (Å²) in [4.78, 5) is 9.16. The molecule has 0 atom stereocenters. The molecule has 1 radical (unpaired) electrons. The zero-order chi connectivity index (χ0) is 31.7. The van der Waals surface area contributed by atoms with Crippen molar-refractivity contribution in [2.24, 2.45) is 0 Å². The fourth-order valence-corrected chi connectivity index (χ4v) is 6.30. The predicted octanol–water partition coefficient (Wildman–Crippen LogP) is 8.11. The first-order valence-electron chi connectivity index (χ1n) is 15.7. The van der Waals surface area contributed by atoms with Crippen molar-refractivity contribution in [1.29, 1.82) is 0 Å². The van der Waals surface area contributed by atoms with Crippen molar-refractivity contribution < 1.29 is 29.6 Å². The van der Waals surface area contributed by atoms with Gasteiger partial charge in [-0.25, -0.2) is 0 Å². The molecule has 0 bridgehead atoms. The maximum Gasteiger partial charge on any atom is 0.239 e. The third-order valence-corrected chi connectivity index (χ3v) is 8.61. The van der Waals surface area contributed by atoms with Crippen molar-refractivity contribution in [2.75, 3.05) is 0 Å². The summed E-state index contributed by atoms with van der Waals surface area (Å²) in [6.45, 7) is 4.19. The normalized spacial score (nSPS) is 11.7. The zero-order valence-corrected chi connectivity index (χ0v) is 28.8. The number of fused-ring (bicyclic) bond motifs is 4. The molecule has 0 spiro atoms. The summed E-state index contributed by atoms with van der Waals surface area (Å²) in [5, 5.41) is 0. The summed E-state index contributed by atoms with van der Waals surface area (Å²) in [6, 6.07) is 49.4. The Balaban J connectivity index is 0.000000220. The predicted molar refractivity (Wildman–Crippen MR) is 190 cm³/mol. The SMILES string of the molecule is Cc1cc(-c2[c-]cc3c4c2Oc2ccccc2B4c2ccccc2O3)ncc1-c1ccccc1.Cc1ccc(-c2[c-]cccc2)nc1.[Ir]. The standard InChI is InChI=1S/C30H19BNO2.C12H10N.Ir/c1-19-17-25(32-18-22(19)20-9-3-2-4-10-20)21-15-16-28-29-30(21)34-27-14-8-6-12-24(27)31(29)23-11-5-7-13-26(23)33-28;1-10-7-8-12(13-9-10)11-5-3-2-4-6-11;/h2-14,16-18H,1H3;2-5,7-9H,1H3;/q2*-1;. The van der Waals surface area contributed by atoms with Crippen LogP contribution in [0.1, 0.15) is 11.1 Å². The van der Waals surface area contributed by atoms with Gasteiger partial charge in [-0.2, -0.15) is 0 Å². The van der Waals surface area contributed by atoms with Gasteiger partial charge in [-0.05, 0) is 65.0 Å². The molecule has 2 aliphatic rings. The van der Waals surface area contributed by atoms with Gasteiger partial charge in [-0.1, -0.05) is 96.0 Å². The van der Waals surface area contributed by atoms with Crippen molar-refractivity contribution in [3.8, 4) is 56.6 Å². The summed E-state index contributed by atoms with van der Waals surface area (Å²) in [7, 11) is 0. The number of hydrogen-bond acceptors (Lipinski definition) is 4. The molecule has 7 aromatic rings. The molecule has 0 saturated carbocycles. The van der Waals surface area contributed by atoms with Gasteiger partial charge in [0, 0.05) is 49.6 Å². The van der Waals surface area contributed by atoms with Gasteiger partial charge in [0.05, 0.1) is 0 Å². The van der Waals surface area contributed by atoms with E-state index < -0.39 is 0 Å². The van der Waals surface area contributed by atoms with E-state index in [0.717, 1.165) is 78.6 Å². The molecule has 0 fully saturated rings. The van der Waals surface area contributed by atoms with Gasteiger partial charge in [0.25, 0.3) is 0 Å². The van der Waals surface area contributed by atoms with Gasteiger partial charge in [-0.3, -0.25) is 0 Å². The molecule has 0 N–H and O–H groups in total. The number of pyridine rings is 2. The van der Waals surface area contributed by atoms with E-state index in [1.807, 2.05) is 98.2 Å². The summed E-state index contributed by atoms with van der Waals surface area (Å²) >= 11 is 0. The van der Waals surface area contributed by atoms with Crippen LogP contribution in [0, 0.1) is 26.0 Å². The van der Waals surface area contributed by atoms with E-state index >= 15 is 0 Å². The third kappa shape index (κ3) is 5.86. The van der Waals surface area contributed by atoms with Crippen LogP contribution in [0.25, 0.3) is 33.6 Å². The summed E-state index contributed by atoms with van der Waals surface area (Å²) in [5.41, 5.74) is 11.7. The molecule has 9 rings (SSSR count). The van der Waals surface area contributed by atoms with Gasteiger partial charge in [-0.15, -0.1) is 48.0 Å². The molecule has 4 nitrogen and oxygen atoms in total. The van der Waals surface area contributed by atoms with Crippen LogP contribution in [0.4, 0.5) is 0 Å². The number of para-hydroxylation sites is 2. The van der Waals surface area contributed by atoms with E-state index in [1.54, 1.807) is 0 Å². The van der Waals surface area contributed by atoms with Crippen molar-refractivity contribution in [2.45, 2.75) is 13.8 Å². The molecular formula is C42H29BIrN2O2-2. The van der Waals surface area contributed by atoms with Crippen molar-refractivity contribution >= 4 is 23.1 Å². The Hall–Kier alpha value is -5.29. The first kappa shape index (κ1) is 31.3. The topological polar surface area (TPSA) is 44.2 Å². The molecule has 0 saturated heterocycles. The van der Waals surface area contributed by atoms with Gasteiger partial charge in [0.15, 0.2) is 0 Å². The number of ether oxygens (including phenoxy) is 2. The minimum atomic E-state index is 0. The molecule has 4 heterocycles. The number of rotatable bonds is 3. The number of aryl methyl sites for hydroxylation is 2. The Bertz CT molecular complexity index is 2210. The van der Waals surface area contributed by atoms with Crippen molar-refractivity contribution in [1.82, 2.24) is 9.97 Å². The number of hydrogen-bond donors (Lipinski definition) is 0. The number of benzene rings is 5. The molecule has 48 heavy (non-hydrogen) atoms. The van der Waals surface area contributed by atoms with Crippen molar-refractivity contribution in [3.05, 3.63) is 163 Å². The fraction of sp³-hybridized carbons (Fsp3) is 0.0476. The summed E-state index contributed by atoms with van der Waals surface area (Å²) < 4.78 is 12.8. The summed E-state index contributed by atoms with van der Waals surface area (Å²) in [6.07, 6.45) is 3.82. The molecule has 5 aromatic carbocycles. The van der Waals surface area contributed by atoms with Crippen LogP contribution >= 0.6 is 0 Å². The minimum Gasteiger partial charge on any atom is -0.503 e. The largest absolute Gasteiger partial charge is 0.503 e. The Morgan fingerprint density at radius 3 is 2.00 bits per heavy atom. The van der Waals surface area contributed by atoms with E-state index in [0.29, 0.717) is 0 Å². The van der Waals surface area contributed by atoms with E-state index in [2.05, 4.69) is 72.6 Å². The van der Waals surface area contributed by atoms with E-state index in [9.17, 15) is 0 Å². The quantitative estimate of drug-likeness (QED) is 0.134. The van der Waals surface area contributed by atoms with Crippen LogP contribution in [0.3, 0.4) is 0 Å². The zero-order valence-electron chi connectivity index (χ0n) is 26.4. The van der Waals surface area contributed by atoms with Gasteiger partial charge in [0.1, 0.15) is 11.5 Å². The smallest absolute Gasteiger partial charge is 0.239 e. The Labute approximate surface area is 294 Å². The molecule has 0 unspecified atom stereocenters. The maximum absolute atomic E-state index is 6.53. The van der Waals surface area contributed by atoms with Gasteiger partial charge < -0.3 is 19.4 Å². The third-order valence-electron chi connectivity index (χ3n) is 8.61.